The fraction of sp³-hybridized carbons (Fsp3) is 0.200. The number of nitrogens with one attached hydrogen (secondary N) is 1. The van der Waals surface area contributed by atoms with Crippen LogP contribution in [0.2, 0.25) is 5.15 Å². The predicted molar refractivity (Wildman–Crippen MR) is 104 cm³/mol. The summed E-state index contributed by atoms with van der Waals surface area (Å²) in [5, 5.41) is 9.79. The van der Waals surface area contributed by atoms with E-state index in [1.807, 2.05) is 43.3 Å². The van der Waals surface area contributed by atoms with Gasteiger partial charge in [-0.25, -0.2) is 0 Å². The molecule has 0 bridgehead atoms. The van der Waals surface area contributed by atoms with Crippen LogP contribution >= 0.6 is 11.6 Å². The van der Waals surface area contributed by atoms with Crippen LogP contribution in [0.4, 0.5) is 0 Å². The van der Waals surface area contributed by atoms with E-state index in [2.05, 4.69) is 16.5 Å². The molecular weight excluding hydrogens is 350 g/mol. The Hall–Kier alpha value is -2.79. The fourth-order valence-electron chi connectivity index (χ4n) is 2.65. The minimum absolute atomic E-state index is 0.202. The number of amides is 1. The molecule has 0 unspecified atom stereocenters. The average Bonchev–Trinajstić information content (AvgIpc) is 2.88. The van der Waals surface area contributed by atoms with Gasteiger partial charge in [-0.2, -0.15) is 5.10 Å². The molecule has 0 atom stereocenters. The molecule has 0 aliphatic carbocycles. The summed E-state index contributed by atoms with van der Waals surface area (Å²) in [5.41, 5.74) is 1.53. The minimum Gasteiger partial charge on any atom is -0.492 e. The molecule has 134 valence electrons. The zero-order chi connectivity index (χ0) is 18.5. The molecule has 26 heavy (non-hydrogen) atoms. The van der Waals surface area contributed by atoms with E-state index in [1.54, 1.807) is 17.8 Å². The molecule has 0 saturated carbocycles. The van der Waals surface area contributed by atoms with Crippen LogP contribution in [-0.4, -0.2) is 28.8 Å². The Labute approximate surface area is 157 Å². The summed E-state index contributed by atoms with van der Waals surface area (Å²) in [4.78, 5) is 11.9. The smallest absolute Gasteiger partial charge is 0.244 e. The highest BCUT2D eigenvalue weighted by atomic mass is 35.5. The third-order valence-corrected chi connectivity index (χ3v) is 4.44. The summed E-state index contributed by atoms with van der Waals surface area (Å²) in [6.07, 6.45) is 3.12. The minimum atomic E-state index is -0.202. The Balaban J connectivity index is 1.48. The maximum absolute atomic E-state index is 11.9. The second kappa shape index (κ2) is 8.06. The molecule has 0 spiro atoms. The van der Waals surface area contributed by atoms with E-state index in [9.17, 15) is 4.79 Å². The first-order valence-electron chi connectivity index (χ1n) is 8.31. The molecule has 0 radical (unpaired) electrons. The maximum Gasteiger partial charge on any atom is 0.244 e. The van der Waals surface area contributed by atoms with Crippen molar-refractivity contribution in [2.24, 2.45) is 7.05 Å². The standard InChI is InChI=1S/C20H20ClN3O2/c1-14-18(20(21)24(2)23-14)9-10-19(25)22-11-12-26-17-8-7-15-5-3-4-6-16(15)13-17/h3-10,13H,11-12H2,1-2H3,(H,22,25)/b10-9+. The first-order valence-corrected chi connectivity index (χ1v) is 8.69. The van der Waals surface area contributed by atoms with Gasteiger partial charge < -0.3 is 10.1 Å². The number of hydrogen-bond acceptors (Lipinski definition) is 3. The molecule has 3 aromatic rings. The molecule has 1 aromatic heterocycles. The SMILES string of the molecule is Cc1nn(C)c(Cl)c1/C=C/C(=O)NCCOc1ccc2ccccc2c1. The summed E-state index contributed by atoms with van der Waals surface area (Å²) in [5.74, 6) is 0.581. The molecule has 0 fully saturated rings. The Morgan fingerprint density at radius 1 is 1.27 bits per heavy atom. The van der Waals surface area contributed by atoms with E-state index >= 15 is 0 Å². The largest absolute Gasteiger partial charge is 0.492 e. The number of hydrogen-bond donors (Lipinski definition) is 1. The van der Waals surface area contributed by atoms with Crippen molar-refractivity contribution in [1.82, 2.24) is 15.1 Å². The quantitative estimate of drug-likeness (QED) is 0.532. The highest BCUT2D eigenvalue weighted by Gasteiger charge is 2.08. The van der Waals surface area contributed by atoms with Crippen molar-refractivity contribution < 1.29 is 9.53 Å². The Morgan fingerprint density at radius 2 is 2.04 bits per heavy atom. The lowest BCUT2D eigenvalue weighted by molar-refractivity contribution is -0.116. The summed E-state index contributed by atoms with van der Waals surface area (Å²) in [6.45, 7) is 2.65. The van der Waals surface area contributed by atoms with Crippen LogP contribution in [0.25, 0.3) is 16.8 Å². The number of aromatic nitrogens is 2. The third-order valence-electron chi connectivity index (χ3n) is 3.99. The van der Waals surface area contributed by atoms with Crippen LogP contribution < -0.4 is 10.1 Å². The van der Waals surface area contributed by atoms with Crippen LogP contribution in [0.1, 0.15) is 11.3 Å². The van der Waals surface area contributed by atoms with Crippen molar-refractivity contribution in [2.75, 3.05) is 13.2 Å². The molecule has 0 aliphatic rings. The number of rotatable bonds is 6. The summed E-state index contributed by atoms with van der Waals surface area (Å²) < 4.78 is 7.27. The normalized spacial score (nSPS) is 11.2. The summed E-state index contributed by atoms with van der Waals surface area (Å²) in [7, 11) is 1.76. The zero-order valence-electron chi connectivity index (χ0n) is 14.7. The highest BCUT2D eigenvalue weighted by molar-refractivity contribution is 6.31. The van der Waals surface area contributed by atoms with Gasteiger partial charge in [-0.1, -0.05) is 41.9 Å². The van der Waals surface area contributed by atoms with Gasteiger partial charge in [0, 0.05) is 18.7 Å². The predicted octanol–water partition coefficient (Wildman–Crippen LogP) is 3.74. The number of halogens is 1. The number of benzene rings is 2. The second-order valence-corrected chi connectivity index (χ2v) is 6.25. The Kier molecular flexibility index (Phi) is 5.58. The van der Waals surface area contributed by atoms with Crippen molar-refractivity contribution in [3.8, 4) is 5.75 Å². The number of carbonyl (C=O) groups is 1. The fourth-order valence-corrected chi connectivity index (χ4v) is 2.89. The molecule has 5 nitrogen and oxygen atoms in total. The number of fused-ring (bicyclic) bond motifs is 1. The van der Waals surface area contributed by atoms with Gasteiger partial charge in [0.1, 0.15) is 17.5 Å². The monoisotopic (exact) mass is 369 g/mol. The zero-order valence-corrected chi connectivity index (χ0v) is 15.5. The van der Waals surface area contributed by atoms with Crippen LogP contribution in [0.5, 0.6) is 5.75 Å². The molecule has 6 heteroatoms. The van der Waals surface area contributed by atoms with Gasteiger partial charge in [0.25, 0.3) is 0 Å². The van der Waals surface area contributed by atoms with Gasteiger partial charge in [-0.05, 0) is 35.9 Å². The highest BCUT2D eigenvalue weighted by Crippen LogP contribution is 2.21. The molecule has 0 saturated heterocycles. The maximum atomic E-state index is 11.9. The first-order chi connectivity index (χ1) is 12.5. The number of ether oxygens (including phenoxy) is 1. The van der Waals surface area contributed by atoms with Gasteiger partial charge in [-0.3, -0.25) is 9.48 Å². The lowest BCUT2D eigenvalue weighted by Gasteiger charge is -2.07. The van der Waals surface area contributed by atoms with Crippen LogP contribution in [-0.2, 0) is 11.8 Å². The van der Waals surface area contributed by atoms with E-state index < -0.39 is 0 Å². The van der Waals surface area contributed by atoms with Gasteiger partial charge in [0.2, 0.25) is 5.91 Å². The van der Waals surface area contributed by atoms with Crippen molar-refractivity contribution >= 4 is 34.4 Å². The molecule has 1 amide bonds. The van der Waals surface area contributed by atoms with E-state index in [-0.39, 0.29) is 5.91 Å². The lowest BCUT2D eigenvalue weighted by atomic mass is 10.1. The molecular formula is C20H20ClN3O2. The van der Waals surface area contributed by atoms with Crippen LogP contribution in [0, 0.1) is 6.92 Å². The van der Waals surface area contributed by atoms with Gasteiger partial charge in [-0.15, -0.1) is 0 Å². The van der Waals surface area contributed by atoms with Gasteiger partial charge in [0.05, 0.1) is 12.2 Å². The Morgan fingerprint density at radius 3 is 2.77 bits per heavy atom. The van der Waals surface area contributed by atoms with Crippen molar-refractivity contribution in [1.29, 1.82) is 0 Å². The van der Waals surface area contributed by atoms with Crippen molar-refractivity contribution in [3.63, 3.8) is 0 Å². The van der Waals surface area contributed by atoms with Gasteiger partial charge >= 0.3 is 0 Å². The second-order valence-electron chi connectivity index (χ2n) is 5.90. The van der Waals surface area contributed by atoms with E-state index in [1.165, 1.54) is 11.5 Å². The van der Waals surface area contributed by atoms with Crippen molar-refractivity contribution in [2.45, 2.75) is 6.92 Å². The van der Waals surface area contributed by atoms with E-state index in [4.69, 9.17) is 16.3 Å². The molecule has 2 aromatic carbocycles. The third kappa shape index (κ3) is 4.24. The van der Waals surface area contributed by atoms with E-state index in [0.29, 0.717) is 18.3 Å². The molecule has 3 rings (SSSR count). The molecule has 1 heterocycles. The average molecular weight is 370 g/mol. The van der Waals surface area contributed by atoms with E-state index in [0.717, 1.165) is 22.4 Å². The Bertz CT molecular complexity index is 963. The number of carbonyl (C=O) groups excluding carboxylic acids is 1. The molecule has 1 N–H and O–H groups in total. The van der Waals surface area contributed by atoms with Gasteiger partial charge in [0.15, 0.2) is 0 Å². The number of aryl methyl sites for hydroxylation is 2. The first kappa shape index (κ1) is 18.0. The summed E-state index contributed by atoms with van der Waals surface area (Å²) >= 11 is 6.13. The summed E-state index contributed by atoms with van der Waals surface area (Å²) in [6, 6.07) is 14.0. The van der Waals surface area contributed by atoms with Crippen molar-refractivity contribution in [3.05, 3.63) is 65.0 Å². The van der Waals surface area contributed by atoms with Crippen LogP contribution in [0.3, 0.4) is 0 Å². The topological polar surface area (TPSA) is 56.2 Å². The molecule has 0 aliphatic heterocycles. The van der Waals surface area contributed by atoms with Crippen LogP contribution in [0.15, 0.2) is 48.5 Å². The lowest BCUT2D eigenvalue weighted by Crippen LogP contribution is -2.26. The number of nitrogens with zero attached hydrogens (tertiary/aromatic N) is 2.